The number of likely N-dealkylation sites (N-methyl/N-ethyl adjacent to an activating group) is 1. The van der Waals surface area contributed by atoms with Crippen LogP contribution < -0.4 is 0 Å². The van der Waals surface area contributed by atoms with Crippen LogP contribution in [0.15, 0.2) is 0 Å². The summed E-state index contributed by atoms with van der Waals surface area (Å²) in [6.45, 7) is 8.54. The summed E-state index contributed by atoms with van der Waals surface area (Å²) >= 11 is 0. The number of hydrogen-bond acceptors (Lipinski definition) is 4. The Kier molecular flexibility index (Phi) is 6.96. The summed E-state index contributed by atoms with van der Waals surface area (Å²) in [5.41, 5.74) is 0. The lowest BCUT2D eigenvalue weighted by atomic mass is 10.3. The Morgan fingerprint density at radius 3 is 2.56 bits per heavy atom. The second-order valence-corrected chi connectivity index (χ2v) is 4.54. The molecule has 0 amide bonds. The number of ether oxygens (including phenoxy) is 3. The standard InChI is InChI=1S/C12H25NO3/c1-11(2)14-10-7-13(3)6-5-12-15-8-4-9-16-12/h11-12H,4-10H2,1-3H3. The Bertz CT molecular complexity index is 170. The van der Waals surface area contributed by atoms with E-state index >= 15 is 0 Å². The van der Waals surface area contributed by atoms with Crippen molar-refractivity contribution in [2.75, 3.05) is 40.0 Å². The lowest BCUT2D eigenvalue weighted by molar-refractivity contribution is -0.182. The predicted octanol–water partition coefficient (Wildman–Crippen LogP) is 1.50. The van der Waals surface area contributed by atoms with Crippen LogP contribution in [0.2, 0.25) is 0 Å². The molecule has 4 heteroatoms. The number of hydrogen-bond donors (Lipinski definition) is 0. The zero-order chi connectivity index (χ0) is 11.8. The fourth-order valence-electron chi connectivity index (χ4n) is 1.59. The SMILES string of the molecule is CC(C)OCCN(C)CCC1OCCCO1. The van der Waals surface area contributed by atoms with Crippen molar-refractivity contribution in [1.29, 1.82) is 0 Å². The van der Waals surface area contributed by atoms with Gasteiger partial charge in [0.2, 0.25) is 0 Å². The van der Waals surface area contributed by atoms with Gasteiger partial charge in [-0.05, 0) is 27.3 Å². The lowest BCUT2D eigenvalue weighted by Gasteiger charge is -2.25. The van der Waals surface area contributed by atoms with Crippen LogP contribution in [0, 0.1) is 0 Å². The van der Waals surface area contributed by atoms with Gasteiger partial charge in [0, 0.05) is 19.5 Å². The molecule has 0 bridgehead atoms. The molecule has 0 aromatic rings. The molecule has 0 radical (unpaired) electrons. The molecule has 0 aromatic carbocycles. The molecule has 0 aliphatic carbocycles. The van der Waals surface area contributed by atoms with Gasteiger partial charge < -0.3 is 19.1 Å². The highest BCUT2D eigenvalue weighted by Gasteiger charge is 2.14. The molecule has 0 N–H and O–H groups in total. The van der Waals surface area contributed by atoms with Crippen LogP contribution >= 0.6 is 0 Å². The third-order valence-corrected chi connectivity index (χ3v) is 2.57. The van der Waals surface area contributed by atoms with Gasteiger partial charge in [-0.25, -0.2) is 0 Å². The lowest BCUT2D eigenvalue weighted by Crippen LogP contribution is -2.31. The van der Waals surface area contributed by atoms with Crippen LogP contribution in [-0.4, -0.2) is 57.3 Å². The first-order chi connectivity index (χ1) is 7.68. The summed E-state index contributed by atoms with van der Waals surface area (Å²) in [5.74, 6) is 0. The molecule has 4 nitrogen and oxygen atoms in total. The van der Waals surface area contributed by atoms with Crippen molar-refractivity contribution >= 4 is 0 Å². The van der Waals surface area contributed by atoms with E-state index in [1.807, 2.05) is 0 Å². The molecule has 16 heavy (non-hydrogen) atoms. The van der Waals surface area contributed by atoms with Gasteiger partial charge in [-0.2, -0.15) is 0 Å². The van der Waals surface area contributed by atoms with Gasteiger partial charge >= 0.3 is 0 Å². The molecule has 0 unspecified atom stereocenters. The first-order valence-electron chi connectivity index (χ1n) is 6.22. The maximum atomic E-state index is 5.50. The zero-order valence-corrected chi connectivity index (χ0v) is 10.8. The van der Waals surface area contributed by atoms with E-state index in [-0.39, 0.29) is 6.29 Å². The van der Waals surface area contributed by atoms with Gasteiger partial charge in [0.05, 0.1) is 25.9 Å². The molecule has 1 aliphatic rings. The molecule has 1 fully saturated rings. The van der Waals surface area contributed by atoms with Gasteiger partial charge in [-0.3, -0.25) is 0 Å². The summed E-state index contributed by atoms with van der Waals surface area (Å²) in [6.07, 6.45) is 2.29. The number of rotatable bonds is 7. The summed E-state index contributed by atoms with van der Waals surface area (Å²) < 4.78 is 16.5. The molecule has 1 saturated heterocycles. The maximum absolute atomic E-state index is 5.50. The minimum atomic E-state index is 0.00205. The Hall–Kier alpha value is -0.160. The highest BCUT2D eigenvalue weighted by Crippen LogP contribution is 2.08. The van der Waals surface area contributed by atoms with Crippen molar-refractivity contribution in [1.82, 2.24) is 4.90 Å². The zero-order valence-electron chi connectivity index (χ0n) is 10.8. The normalized spacial score (nSPS) is 18.6. The van der Waals surface area contributed by atoms with Crippen LogP contribution in [-0.2, 0) is 14.2 Å². The Morgan fingerprint density at radius 1 is 1.25 bits per heavy atom. The van der Waals surface area contributed by atoms with Crippen molar-refractivity contribution in [3.63, 3.8) is 0 Å². The first-order valence-corrected chi connectivity index (χ1v) is 6.22. The maximum Gasteiger partial charge on any atom is 0.158 e. The first kappa shape index (κ1) is 13.9. The van der Waals surface area contributed by atoms with Crippen molar-refractivity contribution < 1.29 is 14.2 Å². The van der Waals surface area contributed by atoms with Crippen molar-refractivity contribution in [2.24, 2.45) is 0 Å². The van der Waals surface area contributed by atoms with Gasteiger partial charge in [-0.1, -0.05) is 0 Å². The average molecular weight is 231 g/mol. The molecule has 0 atom stereocenters. The molecule has 1 heterocycles. The van der Waals surface area contributed by atoms with Crippen molar-refractivity contribution in [2.45, 2.75) is 39.1 Å². The van der Waals surface area contributed by atoms with Crippen LogP contribution in [0.25, 0.3) is 0 Å². The van der Waals surface area contributed by atoms with E-state index in [9.17, 15) is 0 Å². The third kappa shape index (κ3) is 6.43. The van der Waals surface area contributed by atoms with E-state index in [1.165, 1.54) is 0 Å². The fraction of sp³-hybridized carbons (Fsp3) is 1.00. The Labute approximate surface area is 98.8 Å². The van der Waals surface area contributed by atoms with E-state index < -0.39 is 0 Å². The molecule has 1 rings (SSSR count). The number of nitrogens with zero attached hydrogens (tertiary/aromatic N) is 1. The molecular weight excluding hydrogens is 206 g/mol. The predicted molar refractivity (Wildman–Crippen MR) is 63.5 cm³/mol. The summed E-state index contributed by atoms with van der Waals surface area (Å²) in [4.78, 5) is 2.25. The van der Waals surface area contributed by atoms with E-state index in [4.69, 9.17) is 14.2 Å². The molecule has 0 aromatic heterocycles. The van der Waals surface area contributed by atoms with Crippen LogP contribution in [0.5, 0.6) is 0 Å². The molecule has 0 saturated carbocycles. The van der Waals surface area contributed by atoms with Gasteiger partial charge in [0.25, 0.3) is 0 Å². The van der Waals surface area contributed by atoms with Gasteiger partial charge in [0.1, 0.15) is 0 Å². The topological polar surface area (TPSA) is 30.9 Å². The van der Waals surface area contributed by atoms with Crippen LogP contribution in [0.4, 0.5) is 0 Å². The van der Waals surface area contributed by atoms with Crippen molar-refractivity contribution in [3.8, 4) is 0 Å². The van der Waals surface area contributed by atoms with Crippen LogP contribution in [0.1, 0.15) is 26.7 Å². The Morgan fingerprint density at radius 2 is 1.94 bits per heavy atom. The monoisotopic (exact) mass is 231 g/mol. The largest absolute Gasteiger partial charge is 0.377 e. The second-order valence-electron chi connectivity index (χ2n) is 4.54. The minimum Gasteiger partial charge on any atom is -0.377 e. The van der Waals surface area contributed by atoms with E-state index in [0.717, 1.165) is 45.8 Å². The summed E-state index contributed by atoms with van der Waals surface area (Å²) in [6, 6.07) is 0. The highest BCUT2D eigenvalue weighted by atomic mass is 16.7. The molecule has 96 valence electrons. The van der Waals surface area contributed by atoms with E-state index in [1.54, 1.807) is 0 Å². The average Bonchev–Trinajstić information content (AvgIpc) is 2.27. The van der Waals surface area contributed by atoms with E-state index in [0.29, 0.717) is 6.10 Å². The second kappa shape index (κ2) is 8.01. The molecule has 0 spiro atoms. The van der Waals surface area contributed by atoms with E-state index in [2.05, 4.69) is 25.8 Å². The fourth-order valence-corrected chi connectivity index (χ4v) is 1.59. The van der Waals surface area contributed by atoms with Gasteiger partial charge in [0.15, 0.2) is 6.29 Å². The van der Waals surface area contributed by atoms with Gasteiger partial charge in [-0.15, -0.1) is 0 Å². The quantitative estimate of drug-likeness (QED) is 0.664. The summed E-state index contributed by atoms with van der Waals surface area (Å²) in [5, 5.41) is 0. The summed E-state index contributed by atoms with van der Waals surface area (Å²) in [7, 11) is 2.10. The highest BCUT2D eigenvalue weighted by molar-refractivity contribution is 4.57. The smallest absolute Gasteiger partial charge is 0.158 e. The minimum absolute atomic E-state index is 0.00205. The Balaban J connectivity index is 1.98. The molecular formula is C12H25NO3. The third-order valence-electron chi connectivity index (χ3n) is 2.57. The molecule has 1 aliphatic heterocycles. The van der Waals surface area contributed by atoms with Crippen molar-refractivity contribution in [3.05, 3.63) is 0 Å². The van der Waals surface area contributed by atoms with Crippen LogP contribution in [0.3, 0.4) is 0 Å².